The first kappa shape index (κ1) is 17.0. The standard InChI is InChI=1S/C18H22FN3OS/c1-22(15-5-3-2-4-6-15)11-17(23)21-18-20-16(12-24-18)13-7-9-14(19)10-8-13/h7-10,12,15H,2-6,11H2,1H3,(H,20,21,23). The summed E-state index contributed by atoms with van der Waals surface area (Å²) in [7, 11) is 2.02. The summed E-state index contributed by atoms with van der Waals surface area (Å²) in [5.41, 5.74) is 1.59. The Morgan fingerprint density at radius 2 is 2.00 bits per heavy atom. The van der Waals surface area contributed by atoms with Gasteiger partial charge in [-0.05, 0) is 44.2 Å². The van der Waals surface area contributed by atoms with E-state index in [0.29, 0.717) is 17.7 Å². The number of likely N-dealkylation sites (N-methyl/N-ethyl adjacent to an activating group) is 1. The second kappa shape index (κ2) is 7.85. The molecule has 3 rings (SSSR count). The quantitative estimate of drug-likeness (QED) is 0.884. The van der Waals surface area contributed by atoms with E-state index in [1.54, 1.807) is 12.1 Å². The van der Waals surface area contributed by atoms with E-state index < -0.39 is 0 Å². The van der Waals surface area contributed by atoms with Gasteiger partial charge in [0, 0.05) is 17.0 Å². The number of hydrogen-bond donors (Lipinski definition) is 1. The Labute approximate surface area is 145 Å². The maximum atomic E-state index is 13.0. The Balaban J connectivity index is 1.56. The SMILES string of the molecule is CN(CC(=O)Nc1nc(-c2ccc(F)cc2)cs1)C1CCCCC1. The monoisotopic (exact) mass is 347 g/mol. The van der Waals surface area contributed by atoms with Crippen LogP contribution in [0.1, 0.15) is 32.1 Å². The number of anilines is 1. The lowest BCUT2D eigenvalue weighted by Crippen LogP contribution is -2.39. The van der Waals surface area contributed by atoms with Crippen molar-refractivity contribution >= 4 is 22.4 Å². The molecule has 6 heteroatoms. The fourth-order valence-electron chi connectivity index (χ4n) is 3.12. The van der Waals surface area contributed by atoms with Crippen molar-refractivity contribution in [3.8, 4) is 11.3 Å². The number of nitrogens with zero attached hydrogens (tertiary/aromatic N) is 2. The first-order valence-electron chi connectivity index (χ1n) is 8.33. The number of rotatable bonds is 5. The summed E-state index contributed by atoms with van der Waals surface area (Å²) in [6, 6.07) is 6.70. The van der Waals surface area contributed by atoms with Crippen LogP contribution in [0.4, 0.5) is 9.52 Å². The Kier molecular flexibility index (Phi) is 5.58. The Hall–Kier alpha value is -1.79. The molecule has 1 aromatic carbocycles. The normalized spacial score (nSPS) is 15.6. The van der Waals surface area contributed by atoms with Crippen LogP contribution in [0.25, 0.3) is 11.3 Å². The molecule has 2 aromatic rings. The van der Waals surface area contributed by atoms with Gasteiger partial charge in [0.1, 0.15) is 5.82 Å². The summed E-state index contributed by atoms with van der Waals surface area (Å²) >= 11 is 1.38. The number of aromatic nitrogens is 1. The molecule has 1 saturated carbocycles. The van der Waals surface area contributed by atoms with E-state index in [0.717, 1.165) is 11.3 Å². The molecule has 0 saturated heterocycles. The Morgan fingerprint density at radius 3 is 2.71 bits per heavy atom. The summed E-state index contributed by atoms with van der Waals surface area (Å²) in [6.07, 6.45) is 6.17. The van der Waals surface area contributed by atoms with Crippen LogP contribution in [-0.2, 0) is 4.79 Å². The van der Waals surface area contributed by atoms with Crippen LogP contribution in [0, 0.1) is 5.82 Å². The van der Waals surface area contributed by atoms with E-state index in [9.17, 15) is 9.18 Å². The van der Waals surface area contributed by atoms with Crippen molar-refractivity contribution in [3.63, 3.8) is 0 Å². The smallest absolute Gasteiger partial charge is 0.240 e. The highest BCUT2D eigenvalue weighted by molar-refractivity contribution is 7.14. The predicted molar refractivity (Wildman–Crippen MR) is 95.6 cm³/mol. The minimum Gasteiger partial charge on any atom is -0.301 e. The lowest BCUT2D eigenvalue weighted by Gasteiger charge is -2.30. The molecule has 0 spiro atoms. The van der Waals surface area contributed by atoms with Crippen molar-refractivity contribution in [2.75, 3.05) is 18.9 Å². The molecule has 1 heterocycles. The molecule has 1 aliphatic rings. The van der Waals surface area contributed by atoms with Crippen LogP contribution in [0.5, 0.6) is 0 Å². The number of thiazole rings is 1. The number of hydrogen-bond acceptors (Lipinski definition) is 4. The van der Waals surface area contributed by atoms with Gasteiger partial charge in [0.05, 0.1) is 12.2 Å². The molecule has 1 amide bonds. The number of nitrogens with one attached hydrogen (secondary N) is 1. The van der Waals surface area contributed by atoms with E-state index in [-0.39, 0.29) is 11.7 Å². The number of benzene rings is 1. The highest BCUT2D eigenvalue weighted by atomic mass is 32.1. The molecular weight excluding hydrogens is 325 g/mol. The molecule has 128 valence electrons. The summed E-state index contributed by atoms with van der Waals surface area (Å²) in [6.45, 7) is 0.385. The van der Waals surface area contributed by atoms with Gasteiger partial charge in [-0.25, -0.2) is 9.37 Å². The zero-order valence-electron chi connectivity index (χ0n) is 13.8. The average molecular weight is 347 g/mol. The van der Waals surface area contributed by atoms with E-state index in [1.807, 2.05) is 12.4 Å². The number of carbonyl (C=O) groups excluding carboxylic acids is 1. The maximum absolute atomic E-state index is 13.0. The van der Waals surface area contributed by atoms with Crippen molar-refractivity contribution in [2.24, 2.45) is 0 Å². The molecule has 0 bridgehead atoms. The molecule has 0 atom stereocenters. The van der Waals surface area contributed by atoms with Crippen LogP contribution in [0.2, 0.25) is 0 Å². The van der Waals surface area contributed by atoms with Crippen LogP contribution >= 0.6 is 11.3 Å². The van der Waals surface area contributed by atoms with Gasteiger partial charge in [0.25, 0.3) is 0 Å². The first-order valence-corrected chi connectivity index (χ1v) is 9.21. The van der Waals surface area contributed by atoms with Crippen molar-refractivity contribution < 1.29 is 9.18 Å². The second-order valence-electron chi connectivity index (χ2n) is 6.30. The Bertz CT molecular complexity index is 680. The summed E-state index contributed by atoms with van der Waals surface area (Å²) in [4.78, 5) is 18.8. The van der Waals surface area contributed by atoms with Crippen molar-refractivity contribution in [1.82, 2.24) is 9.88 Å². The van der Waals surface area contributed by atoms with Crippen molar-refractivity contribution in [1.29, 1.82) is 0 Å². The molecule has 0 radical (unpaired) electrons. The first-order chi connectivity index (χ1) is 11.6. The van der Waals surface area contributed by atoms with Gasteiger partial charge in [-0.2, -0.15) is 0 Å². The van der Waals surface area contributed by atoms with Gasteiger partial charge in [-0.1, -0.05) is 19.3 Å². The molecule has 0 aliphatic heterocycles. The highest BCUT2D eigenvalue weighted by Crippen LogP contribution is 2.25. The third kappa shape index (κ3) is 4.39. The second-order valence-corrected chi connectivity index (χ2v) is 7.16. The minimum absolute atomic E-state index is 0.0388. The van der Waals surface area contributed by atoms with Crippen LogP contribution < -0.4 is 5.32 Å². The third-order valence-electron chi connectivity index (χ3n) is 4.48. The molecular formula is C18H22FN3OS. The zero-order chi connectivity index (χ0) is 16.9. The summed E-state index contributed by atoms with van der Waals surface area (Å²) in [5.74, 6) is -0.309. The van der Waals surface area contributed by atoms with Gasteiger partial charge < -0.3 is 5.32 Å². The third-order valence-corrected chi connectivity index (χ3v) is 5.24. The predicted octanol–water partition coefficient (Wildman–Crippen LogP) is 4.15. The number of halogens is 1. The van der Waals surface area contributed by atoms with Gasteiger partial charge >= 0.3 is 0 Å². The highest BCUT2D eigenvalue weighted by Gasteiger charge is 2.20. The van der Waals surface area contributed by atoms with Gasteiger partial charge in [0.15, 0.2) is 5.13 Å². The van der Waals surface area contributed by atoms with Crippen molar-refractivity contribution in [3.05, 3.63) is 35.5 Å². The fraction of sp³-hybridized carbons (Fsp3) is 0.444. The van der Waals surface area contributed by atoms with E-state index in [4.69, 9.17) is 0 Å². The molecule has 1 N–H and O–H groups in total. The molecule has 1 aromatic heterocycles. The Morgan fingerprint density at radius 1 is 1.29 bits per heavy atom. The zero-order valence-corrected chi connectivity index (χ0v) is 14.6. The van der Waals surface area contributed by atoms with Crippen molar-refractivity contribution in [2.45, 2.75) is 38.1 Å². The molecule has 4 nitrogen and oxygen atoms in total. The molecule has 1 fully saturated rings. The van der Waals surface area contributed by atoms with Gasteiger partial charge in [-0.3, -0.25) is 9.69 Å². The molecule has 24 heavy (non-hydrogen) atoms. The largest absolute Gasteiger partial charge is 0.301 e. The topological polar surface area (TPSA) is 45.2 Å². The molecule has 1 aliphatic carbocycles. The lowest BCUT2D eigenvalue weighted by atomic mass is 9.94. The van der Waals surface area contributed by atoms with Gasteiger partial charge in [-0.15, -0.1) is 11.3 Å². The van der Waals surface area contributed by atoms with E-state index in [1.165, 1.54) is 55.6 Å². The van der Waals surface area contributed by atoms with Gasteiger partial charge in [0.2, 0.25) is 5.91 Å². The van der Waals surface area contributed by atoms with Crippen LogP contribution in [0.15, 0.2) is 29.6 Å². The van der Waals surface area contributed by atoms with Crippen LogP contribution in [-0.4, -0.2) is 35.4 Å². The van der Waals surface area contributed by atoms with E-state index in [2.05, 4.69) is 15.2 Å². The number of amides is 1. The van der Waals surface area contributed by atoms with Crippen LogP contribution in [0.3, 0.4) is 0 Å². The number of carbonyl (C=O) groups is 1. The summed E-state index contributed by atoms with van der Waals surface area (Å²) < 4.78 is 13.0. The lowest BCUT2D eigenvalue weighted by molar-refractivity contribution is -0.117. The minimum atomic E-state index is -0.270. The molecule has 0 unspecified atom stereocenters. The fourth-order valence-corrected chi connectivity index (χ4v) is 3.86. The van der Waals surface area contributed by atoms with E-state index >= 15 is 0 Å². The summed E-state index contributed by atoms with van der Waals surface area (Å²) in [5, 5.41) is 5.31. The maximum Gasteiger partial charge on any atom is 0.240 e. The average Bonchev–Trinajstić information content (AvgIpc) is 3.04.